The Bertz CT molecular complexity index is 455. The highest BCUT2D eigenvalue weighted by Gasteiger charge is 2.11. The van der Waals surface area contributed by atoms with Gasteiger partial charge in [-0.1, -0.05) is 31.2 Å². The monoisotopic (exact) mass is 227 g/mol. The zero-order chi connectivity index (χ0) is 12.3. The first kappa shape index (κ1) is 12.1. The molecule has 0 heterocycles. The fourth-order valence-electron chi connectivity index (χ4n) is 2.23. The quantitative estimate of drug-likeness (QED) is 0.545. The molecule has 17 heavy (non-hydrogen) atoms. The van der Waals surface area contributed by atoms with E-state index in [0.29, 0.717) is 0 Å². The Morgan fingerprint density at radius 3 is 2.82 bits per heavy atom. The Hall–Kier alpha value is -1.37. The van der Waals surface area contributed by atoms with Gasteiger partial charge in [0.15, 0.2) is 0 Å². The lowest BCUT2D eigenvalue weighted by atomic mass is 10.0. The van der Waals surface area contributed by atoms with Gasteiger partial charge in [0.1, 0.15) is 0 Å². The Balaban J connectivity index is 2.14. The van der Waals surface area contributed by atoms with Crippen LogP contribution in [-0.2, 0) is 12.8 Å². The molecule has 1 aromatic rings. The van der Waals surface area contributed by atoms with Gasteiger partial charge >= 0.3 is 0 Å². The SMILES string of the molecule is C=C(CC)C/N=C(\C)c1ccc2c(c1)CCC2. The van der Waals surface area contributed by atoms with Crippen LogP contribution in [0.25, 0.3) is 0 Å². The van der Waals surface area contributed by atoms with Crippen LogP contribution in [0.3, 0.4) is 0 Å². The molecule has 0 saturated heterocycles. The maximum Gasteiger partial charge on any atom is 0.0600 e. The molecule has 0 unspecified atom stereocenters. The molecule has 1 nitrogen and oxygen atoms in total. The lowest BCUT2D eigenvalue weighted by molar-refractivity contribution is 0.912. The van der Waals surface area contributed by atoms with Crippen molar-refractivity contribution in [1.29, 1.82) is 0 Å². The van der Waals surface area contributed by atoms with Gasteiger partial charge in [0.2, 0.25) is 0 Å². The summed E-state index contributed by atoms with van der Waals surface area (Å²) >= 11 is 0. The van der Waals surface area contributed by atoms with Gasteiger partial charge in [-0.05, 0) is 55.4 Å². The summed E-state index contributed by atoms with van der Waals surface area (Å²) in [5.41, 5.74) is 6.65. The summed E-state index contributed by atoms with van der Waals surface area (Å²) in [6.45, 7) is 8.98. The predicted octanol–water partition coefficient (Wildman–Crippen LogP) is 3.95. The van der Waals surface area contributed by atoms with Gasteiger partial charge in [0.05, 0.1) is 6.54 Å². The highest BCUT2D eigenvalue weighted by atomic mass is 14.7. The summed E-state index contributed by atoms with van der Waals surface area (Å²) in [6, 6.07) is 6.79. The van der Waals surface area contributed by atoms with Crippen molar-refractivity contribution in [2.24, 2.45) is 4.99 Å². The molecule has 1 aliphatic carbocycles. The van der Waals surface area contributed by atoms with E-state index in [2.05, 4.69) is 43.6 Å². The summed E-state index contributed by atoms with van der Waals surface area (Å²) in [5.74, 6) is 0. The second-order valence-electron chi connectivity index (χ2n) is 4.84. The minimum absolute atomic E-state index is 0.763. The summed E-state index contributed by atoms with van der Waals surface area (Å²) in [7, 11) is 0. The maximum atomic E-state index is 4.61. The minimum atomic E-state index is 0.763. The van der Waals surface area contributed by atoms with Crippen LogP contribution in [-0.4, -0.2) is 12.3 Å². The van der Waals surface area contributed by atoms with Crippen molar-refractivity contribution < 1.29 is 0 Å². The summed E-state index contributed by atoms with van der Waals surface area (Å²) < 4.78 is 0. The van der Waals surface area contributed by atoms with Crippen LogP contribution in [0.15, 0.2) is 35.3 Å². The van der Waals surface area contributed by atoms with E-state index in [1.165, 1.54) is 41.5 Å². The van der Waals surface area contributed by atoms with Crippen LogP contribution in [0, 0.1) is 0 Å². The molecule has 0 radical (unpaired) electrons. The molecule has 1 aliphatic rings. The predicted molar refractivity (Wildman–Crippen MR) is 75.0 cm³/mol. The van der Waals surface area contributed by atoms with Crippen molar-refractivity contribution in [3.05, 3.63) is 47.0 Å². The van der Waals surface area contributed by atoms with Crippen molar-refractivity contribution in [3.63, 3.8) is 0 Å². The summed E-state index contributed by atoms with van der Waals surface area (Å²) in [5, 5.41) is 0. The van der Waals surface area contributed by atoms with E-state index in [-0.39, 0.29) is 0 Å². The molecule has 1 aromatic carbocycles. The molecule has 0 aromatic heterocycles. The van der Waals surface area contributed by atoms with E-state index < -0.39 is 0 Å². The number of hydrogen-bond donors (Lipinski definition) is 0. The van der Waals surface area contributed by atoms with Crippen LogP contribution >= 0.6 is 0 Å². The standard InChI is InChI=1S/C16H21N/c1-4-12(2)11-17-13(3)15-9-8-14-6-5-7-16(14)10-15/h8-10H,2,4-7,11H2,1,3H3/b17-13+. The smallest absolute Gasteiger partial charge is 0.0600 e. The van der Waals surface area contributed by atoms with Crippen LogP contribution in [0.2, 0.25) is 0 Å². The third-order valence-electron chi connectivity index (χ3n) is 3.56. The molecule has 2 rings (SSSR count). The molecule has 0 aliphatic heterocycles. The van der Waals surface area contributed by atoms with Gasteiger partial charge in [-0.2, -0.15) is 0 Å². The van der Waals surface area contributed by atoms with Gasteiger partial charge in [-0.25, -0.2) is 0 Å². The lowest BCUT2D eigenvalue weighted by Crippen LogP contribution is -1.99. The zero-order valence-electron chi connectivity index (χ0n) is 10.9. The number of nitrogens with zero attached hydrogens (tertiary/aromatic N) is 1. The fourth-order valence-corrected chi connectivity index (χ4v) is 2.23. The van der Waals surface area contributed by atoms with E-state index in [1.54, 1.807) is 0 Å². The molecular formula is C16H21N. The zero-order valence-corrected chi connectivity index (χ0v) is 10.9. The second-order valence-corrected chi connectivity index (χ2v) is 4.84. The highest BCUT2D eigenvalue weighted by Crippen LogP contribution is 2.23. The van der Waals surface area contributed by atoms with E-state index >= 15 is 0 Å². The average molecular weight is 227 g/mol. The van der Waals surface area contributed by atoms with Gasteiger partial charge in [0.25, 0.3) is 0 Å². The minimum Gasteiger partial charge on any atom is -0.285 e. The highest BCUT2D eigenvalue weighted by molar-refractivity contribution is 5.99. The van der Waals surface area contributed by atoms with Crippen LogP contribution < -0.4 is 0 Å². The number of aryl methyl sites for hydroxylation is 2. The summed E-state index contributed by atoms with van der Waals surface area (Å²) in [6.07, 6.45) is 4.80. The molecule has 1 heteroatoms. The van der Waals surface area contributed by atoms with Crippen molar-refractivity contribution in [1.82, 2.24) is 0 Å². The first-order valence-corrected chi connectivity index (χ1v) is 6.50. The van der Waals surface area contributed by atoms with E-state index in [1.807, 2.05) is 0 Å². The molecule has 0 spiro atoms. The van der Waals surface area contributed by atoms with Gasteiger partial charge < -0.3 is 0 Å². The van der Waals surface area contributed by atoms with E-state index in [9.17, 15) is 0 Å². The molecule has 90 valence electrons. The molecule has 0 amide bonds. The first-order chi connectivity index (χ1) is 8.20. The first-order valence-electron chi connectivity index (χ1n) is 6.50. The van der Waals surface area contributed by atoms with Crippen LogP contribution in [0.5, 0.6) is 0 Å². The van der Waals surface area contributed by atoms with Gasteiger partial charge in [-0.15, -0.1) is 0 Å². The van der Waals surface area contributed by atoms with Crippen molar-refractivity contribution in [2.45, 2.75) is 39.5 Å². The van der Waals surface area contributed by atoms with Crippen LogP contribution in [0.4, 0.5) is 0 Å². The lowest BCUT2D eigenvalue weighted by Gasteiger charge is -2.05. The number of fused-ring (bicyclic) bond motifs is 1. The number of benzene rings is 1. The van der Waals surface area contributed by atoms with Gasteiger partial charge in [-0.3, -0.25) is 4.99 Å². The molecule has 0 atom stereocenters. The van der Waals surface area contributed by atoms with Crippen molar-refractivity contribution >= 4 is 5.71 Å². The average Bonchev–Trinajstić information content (AvgIpc) is 2.82. The second kappa shape index (κ2) is 5.31. The Kier molecular flexibility index (Phi) is 3.78. The molecule has 0 bridgehead atoms. The summed E-state index contributed by atoms with van der Waals surface area (Å²) in [4.78, 5) is 4.61. The van der Waals surface area contributed by atoms with Crippen molar-refractivity contribution in [2.75, 3.05) is 6.54 Å². The maximum absolute atomic E-state index is 4.61. The third-order valence-corrected chi connectivity index (χ3v) is 3.56. The van der Waals surface area contributed by atoms with Gasteiger partial charge in [0, 0.05) is 5.71 Å². The van der Waals surface area contributed by atoms with E-state index in [4.69, 9.17) is 0 Å². The Morgan fingerprint density at radius 2 is 2.06 bits per heavy atom. The number of aliphatic imine (C=N–C) groups is 1. The fraction of sp³-hybridized carbons (Fsp3) is 0.438. The molecule has 0 N–H and O–H groups in total. The molecule has 0 fully saturated rings. The largest absolute Gasteiger partial charge is 0.285 e. The Labute approximate surface area is 104 Å². The topological polar surface area (TPSA) is 12.4 Å². The number of hydrogen-bond acceptors (Lipinski definition) is 1. The normalized spacial score (nSPS) is 14.8. The van der Waals surface area contributed by atoms with E-state index in [0.717, 1.165) is 18.7 Å². The Morgan fingerprint density at radius 1 is 1.29 bits per heavy atom. The third kappa shape index (κ3) is 2.85. The van der Waals surface area contributed by atoms with Crippen LogP contribution in [0.1, 0.15) is 43.4 Å². The molecule has 0 saturated carbocycles. The van der Waals surface area contributed by atoms with Crippen molar-refractivity contribution in [3.8, 4) is 0 Å². The number of rotatable bonds is 4. The molecular weight excluding hydrogens is 206 g/mol.